The summed E-state index contributed by atoms with van der Waals surface area (Å²) in [6.07, 6.45) is 4.73. The van der Waals surface area contributed by atoms with Crippen molar-refractivity contribution in [2.24, 2.45) is 0 Å². The lowest BCUT2D eigenvalue weighted by Gasteiger charge is -2.05. The Morgan fingerprint density at radius 2 is 2.07 bits per heavy atom. The lowest BCUT2D eigenvalue weighted by atomic mass is 10.2. The van der Waals surface area contributed by atoms with E-state index in [0.29, 0.717) is 24.5 Å². The summed E-state index contributed by atoms with van der Waals surface area (Å²) in [5.74, 6) is 2.75. The van der Waals surface area contributed by atoms with E-state index >= 15 is 0 Å². The van der Waals surface area contributed by atoms with Gasteiger partial charge >= 0.3 is 0 Å². The monoisotopic (exact) mass is 379 g/mol. The van der Waals surface area contributed by atoms with E-state index in [1.165, 1.54) is 6.08 Å². The number of carbonyl (C=O) groups excluding carboxylic acids is 1. The molecule has 144 valence electrons. The number of ether oxygens (including phenoxy) is 2. The number of carbonyl (C=O) groups is 1. The molecule has 1 aliphatic rings. The summed E-state index contributed by atoms with van der Waals surface area (Å²) in [4.78, 5) is 16.4. The molecule has 3 aromatic rings. The summed E-state index contributed by atoms with van der Waals surface area (Å²) >= 11 is 0. The number of fused-ring (bicyclic) bond motifs is 2. The van der Waals surface area contributed by atoms with Crippen LogP contribution in [0.2, 0.25) is 0 Å². The molecule has 0 spiro atoms. The van der Waals surface area contributed by atoms with E-state index in [1.807, 2.05) is 42.5 Å². The third-order valence-electron chi connectivity index (χ3n) is 4.46. The Morgan fingerprint density at radius 3 is 2.96 bits per heavy atom. The number of aromatic nitrogens is 4. The Labute approximate surface area is 162 Å². The zero-order valence-corrected chi connectivity index (χ0v) is 15.8. The van der Waals surface area contributed by atoms with Crippen molar-refractivity contribution in [3.05, 3.63) is 53.1 Å². The van der Waals surface area contributed by atoms with Crippen molar-refractivity contribution in [1.29, 1.82) is 0 Å². The van der Waals surface area contributed by atoms with E-state index in [-0.39, 0.29) is 12.7 Å². The van der Waals surface area contributed by atoms with Crippen LogP contribution in [0.15, 0.2) is 30.3 Å². The van der Waals surface area contributed by atoms with E-state index in [1.54, 1.807) is 6.08 Å². The molecular formula is C20H21N5O3. The van der Waals surface area contributed by atoms with Crippen molar-refractivity contribution < 1.29 is 14.3 Å². The highest BCUT2D eigenvalue weighted by Crippen LogP contribution is 2.32. The number of rotatable bonds is 6. The standard InChI is InChI=1S/C20H21N5O3/c1-13-10-14(2)25-18(23-24-20(25)22-13)4-3-9-21-19(26)8-6-15-5-7-16-17(11-15)28-12-27-16/h5-8,10-11H,3-4,9,12H2,1-2H3,(H,21,26)/b8-6+. The van der Waals surface area contributed by atoms with E-state index < -0.39 is 0 Å². The molecule has 0 fully saturated rings. The summed E-state index contributed by atoms with van der Waals surface area (Å²) in [6.45, 7) is 4.74. The van der Waals surface area contributed by atoms with Crippen molar-refractivity contribution in [3.8, 4) is 11.5 Å². The lowest BCUT2D eigenvalue weighted by molar-refractivity contribution is -0.116. The van der Waals surface area contributed by atoms with Crippen LogP contribution in [0.25, 0.3) is 11.9 Å². The zero-order chi connectivity index (χ0) is 19.5. The molecule has 8 heteroatoms. The van der Waals surface area contributed by atoms with Gasteiger partial charge in [-0.3, -0.25) is 9.20 Å². The molecule has 0 aliphatic carbocycles. The summed E-state index contributed by atoms with van der Waals surface area (Å²) in [6, 6.07) is 7.57. The van der Waals surface area contributed by atoms with Crippen molar-refractivity contribution in [1.82, 2.24) is 24.9 Å². The molecular weight excluding hydrogens is 358 g/mol. The van der Waals surface area contributed by atoms with Crippen LogP contribution in [0.4, 0.5) is 0 Å². The van der Waals surface area contributed by atoms with Crippen LogP contribution in [0.1, 0.15) is 29.2 Å². The molecule has 0 bridgehead atoms. The van der Waals surface area contributed by atoms with Gasteiger partial charge in [0.15, 0.2) is 11.5 Å². The number of aryl methyl sites for hydroxylation is 3. The van der Waals surface area contributed by atoms with Crippen LogP contribution < -0.4 is 14.8 Å². The van der Waals surface area contributed by atoms with Crippen molar-refractivity contribution in [3.63, 3.8) is 0 Å². The van der Waals surface area contributed by atoms with E-state index in [2.05, 4.69) is 20.5 Å². The minimum absolute atomic E-state index is 0.141. The van der Waals surface area contributed by atoms with Crippen LogP contribution in [0.5, 0.6) is 11.5 Å². The largest absolute Gasteiger partial charge is 0.454 e. The van der Waals surface area contributed by atoms with Crippen molar-refractivity contribution >= 4 is 17.8 Å². The Bertz CT molecular complexity index is 1060. The highest BCUT2D eigenvalue weighted by atomic mass is 16.7. The Morgan fingerprint density at radius 1 is 1.21 bits per heavy atom. The summed E-state index contributed by atoms with van der Waals surface area (Å²) < 4.78 is 12.6. The molecule has 1 aromatic carbocycles. The number of nitrogens with one attached hydrogen (secondary N) is 1. The molecule has 0 saturated carbocycles. The van der Waals surface area contributed by atoms with Gasteiger partial charge in [0.25, 0.3) is 5.78 Å². The molecule has 0 radical (unpaired) electrons. The molecule has 3 heterocycles. The maximum atomic E-state index is 12.0. The molecule has 1 N–H and O–H groups in total. The predicted octanol–water partition coefficient (Wildman–Crippen LogP) is 2.23. The molecule has 8 nitrogen and oxygen atoms in total. The van der Waals surface area contributed by atoms with Gasteiger partial charge in [-0.15, -0.1) is 10.2 Å². The van der Waals surface area contributed by atoms with Gasteiger partial charge in [0, 0.05) is 30.4 Å². The van der Waals surface area contributed by atoms with Crippen LogP contribution in [0.3, 0.4) is 0 Å². The van der Waals surface area contributed by atoms with Gasteiger partial charge in [-0.25, -0.2) is 4.98 Å². The third-order valence-corrected chi connectivity index (χ3v) is 4.46. The zero-order valence-electron chi connectivity index (χ0n) is 15.8. The fraction of sp³-hybridized carbons (Fsp3) is 0.300. The van der Waals surface area contributed by atoms with Crippen LogP contribution >= 0.6 is 0 Å². The van der Waals surface area contributed by atoms with Gasteiger partial charge in [-0.1, -0.05) is 6.07 Å². The average molecular weight is 379 g/mol. The first kappa shape index (κ1) is 18.0. The predicted molar refractivity (Wildman–Crippen MR) is 103 cm³/mol. The molecule has 0 saturated heterocycles. The second-order valence-corrected chi connectivity index (χ2v) is 6.63. The molecule has 28 heavy (non-hydrogen) atoms. The fourth-order valence-electron chi connectivity index (χ4n) is 3.17. The molecule has 1 amide bonds. The highest BCUT2D eigenvalue weighted by molar-refractivity contribution is 5.91. The van der Waals surface area contributed by atoms with E-state index in [0.717, 1.165) is 34.9 Å². The minimum atomic E-state index is -0.141. The average Bonchev–Trinajstić information content (AvgIpc) is 3.29. The van der Waals surface area contributed by atoms with Gasteiger partial charge in [0.05, 0.1) is 0 Å². The van der Waals surface area contributed by atoms with Gasteiger partial charge in [-0.05, 0) is 50.1 Å². The van der Waals surface area contributed by atoms with Gasteiger partial charge in [0.2, 0.25) is 12.7 Å². The molecule has 0 atom stereocenters. The lowest BCUT2D eigenvalue weighted by Crippen LogP contribution is -2.22. The van der Waals surface area contributed by atoms with Crippen LogP contribution in [0, 0.1) is 13.8 Å². The fourth-order valence-corrected chi connectivity index (χ4v) is 3.17. The van der Waals surface area contributed by atoms with Gasteiger partial charge < -0.3 is 14.8 Å². The summed E-state index contributed by atoms with van der Waals surface area (Å²) in [5.41, 5.74) is 2.86. The number of nitrogens with zero attached hydrogens (tertiary/aromatic N) is 4. The van der Waals surface area contributed by atoms with Crippen molar-refractivity contribution in [2.75, 3.05) is 13.3 Å². The SMILES string of the molecule is Cc1cc(C)n2c(CCCNC(=O)/C=C/c3ccc4c(c3)OCO4)nnc2n1. The molecule has 1 aliphatic heterocycles. The third kappa shape index (κ3) is 3.80. The minimum Gasteiger partial charge on any atom is -0.454 e. The smallest absolute Gasteiger partial charge is 0.255 e. The Balaban J connectivity index is 1.28. The quantitative estimate of drug-likeness (QED) is 0.522. The second-order valence-electron chi connectivity index (χ2n) is 6.63. The maximum absolute atomic E-state index is 12.0. The number of benzene rings is 1. The van der Waals surface area contributed by atoms with Gasteiger partial charge in [0.1, 0.15) is 5.82 Å². The summed E-state index contributed by atoms with van der Waals surface area (Å²) in [5, 5.41) is 11.2. The first-order valence-corrected chi connectivity index (χ1v) is 9.14. The molecule has 4 rings (SSSR count). The van der Waals surface area contributed by atoms with Gasteiger partial charge in [-0.2, -0.15) is 0 Å². The number of hydrogen-bond acceptors (Lipinski definition) is 6. The van der Waals surface area contributed by atoms with E-state index in [4.69, 9.17) is 9.47 Å². The topological polar surface area (TPSA) is 90.6 Å². The van der Waals surface area contributed by atoms with Crippen LogP contribution in [-0.2, 0) is 11.2 Å². The van der Waals surface area contributed by atoms with Crippen LogP contribution in [-0.4, -0.2) is 38.8 Å². The summed E-state index contributed by atoms with van der Waals surface area (Å²) in [7, 11) is 0. The normalized spacial score (nSPS) is 12.8. The van der Waals surface area contributed by atoms with E-state index in [9.17, 15) is 4.79 Å². The first-order valence-electron chi connectivity index (χ1n) is 9.14. The Kier molecular flexibility index (Phi) is 4.92. The first-order chi connectivity index (χ1) is 13.6. The van der Waals surface area contributed by atoms with Crippen molar-refractivity contribution in [2.45, 2.75) is 26.7 Å². The highest BCUT2D eigenvalue weighted by Gasteiger charge is 2.12. The maximum Gasteiger partial charge on any atom is 0.255 e. The Hall–Kier alpha value is -3.42. The number of hydrogen-bond donors (Lipinski definition) is 1. The number of amides is 1. The molecule has 2 aromatic heterocycles. The second kappa shape index (κ2) is 7.67. The molecule has 0 unspecified atom stereocenters.